The van der Waals surface area contributed by atoms with E-state index in [0.29, 0.717) is 52.3 Å². The molecule has 17 heteroatoms. The van der Waals surface area contributed by atoms with Crippen molar-refractivity contribution in [2.75, 3.05) is 32.1 Å². The van der Waals surface area contributed by atoms with Crippen LogP contribution in [0, 0.1) is 18.6 Å². The minimum Gasteiger partial charge on any atom is -0.467 e. The zero-order valence-electron chi connectivity index (χ0n) is 36.6. The van der Waals surface area contributed by atoms with Crippen molar-refractivity contribution in [3.05, 3.63) is 141 Å². The number of methoxy groups -OCH3 is 1. The van der Waals surface area contributed by atoms with Crippen LogP contribution >= 0.6 is 0 Å². The SMILES string of the molecule is COC(=O)C1(n2c(=O)n(-c3ccc(C(=O)N4CCc5c(n(Cc6ccc(F)cc6F)c6ncccc56)C4)cc3)c3c(C)nc(Nc4ccccc4)nc32)CCN(C(=O)OC(C)(C)C)CC1. The summed E-state index contributed by atoms with van der Waals surface area (Å²) in [5.41, 5.74) is 2.29. The van der Waals surface area contributed by atoms with E-state index in [1.165, 1.54) is 33.3 Å². The highest BCUT2D eigenvalue weighted by atomic mass is 19.1. The molecule has 2 amide bonds. The summed E-state index contributed by atoms with van der Waals surface area (Å²) in [6, 6.07) is 23.2. The van der Waals surface area contributed by atoms with Gasteiger partial charge in [0.25, 0.3) is 5.91 Å². The molecule has 65 heavy (non-hydrogen) atoms. The van der Waals surface area contributed by atoms with Crippen LogP contribution in [0.2, 0.25) is 0 Å². The minimum absolute atomic E-state index is 0.0290. The topological polar surface area (TPSA) is 159 Å². The average molecular weight is 884 g/mol. The third-order valence-corrected chi connectivity index (χ3v) is 12.1. The molecule has 0 spiro atoms. The molecule has 0 radical (unpaired) electrons. The van der Waals surface area contributed by atoms with Crippen molar-refractivity contribution in [1.29, 1.82) is 0 Å². The standard InChI is InChI=1S/C48H47F2N9O6/c1-29-39-41(54-44(52-29)53-33-10-7-6-8-11-33)59(48(43(61)64-5)20-24-55(25-21-48)46(63)65-47(2,3)4)45(62)58(39)34-17-14-30(15-18-34)42(60)56-23-19-35-36-12-9-22-51-40(36)57(38(35)28-56)27-31-13-16-32(49)26-37(31)50/h6-18,22,26H,19-21,23-25,27-28H2,1-5H3,(H,52,53,54). The number of fused-ring (bicyclic) bond motifs is 4. The number of esters is 1. The van der Waals surface area contributed by atoms with Crippen LogP contribution in [0.5, 0.6) is 0 Å². The van der Waals surface area contributed by atoms with Crippen LogP contribution in [0.4, 0.5) is 25.2 Å². The van der Waals surface area contributed by atoms with Crippen molar-refractivity contribution < 1.29 is 32.6 Å². The first-order valence-corrected chi connectivity index (χ1v) is 21.4. The minimum atomic E-state index is -1.57. The van der Waals surface area contributed by atoms with Crippen molar-refractivity contribution in [3.63, 3.8) is 0 Å². The first-order valence-electron chi connectivity index (χ1n) is 21.4. The van der Waals surface area contributed by atoms with E-state index in [1.807, 2.05) is 47.0 Å². The number of para-hydroxylation sites is 1. The number of aromatic nitrogens is 6. The summed E-state index contributed by atoms with van der Waals surface area (Å²) in [5, 5.41) is 4.12. The maximum absolute atomic E-state index is 15.1. The number of amides is 2. The largest absolute Gasteiger partial charge is 0.467 e. The maximum atomic E-state index is 15.1. The number of anilines is 2. The van der Waals surface area contributed by atoms with Crippen LogP contribution in [0.15, 0.2) is 95.9 Å². The Morgan fingerprint density at radius 1 is 0.877 bits per heavy atom. The van der Waals surface area contributed by atoms with Crippen molar-refractivity contribution >= 4 is 51.8 Å². The number of carbonyl (C=O) groups is 3. The zero-order valence-corrected chi connectivity index (χ0v) is 36.6. The Bertz CT molecular complexity index is 3060. The van der Waals surface area contributed by atoms with Crippen LogP contribution in [-0.4, -0.2) is 88.8 Å². The number of hydrogen-bond acceptors (Lipinski definition) is 10. The van der Waals surface area contributed by atoms with Crippen LogP contribution < -0.4 is 11.0 Å². The highest BCUT2D eigenvalue weighted by Gasteiger charge is 2.49. The number of rotatable bonds is 8. The second kappa shape index (κ2) is 16.6. The van der Waals surface area contributed by atoms with Gasteiger partial charge in [-0.05, 0) is 107 Å². The van der Waals surface area contributed by atoms with Crippen molar-refractivity contribution in [3.8, 4) is 5.69 Å². The Kier molecular flexibility index (Phi) is 10.9. The number of halogens is 2. The van der Waals surface area contributed by atoms with Gasteiger partial charge in [0, 0.05) is 59.8 Å². The van der Waals surface area contributed by atoms with Crippen LogP contribution in [-0.2, 0) is 39.3 Å². The summed E-state index contributed by atoms with van der Waals surface area (Å²) in [6.45, 7) is 7.99. The van der Waals surface area contributed by atoms with Gasteiger partial charge < -0.3 is 29.2 Å². The van der Waals surface area contributed by atoms with Gasteiger partial charge >= 0.3 is 17.8 Å². The number of nitrogens with zero attached hydrogens (tertiary/aromatic N) is 8. The molecule has 1 fully saturated rings. The molecular weight excluding hydrogens is 837 g/mol. The van der Waals surface area contributed by atoms with E-state index in [9.17, 15) is 23.2 Å². The summed E-state index contributed by atoms with van der Waals surface area (Å²) >= 11 is 0. The number of likely N-dealkylation sites (tertiary alicyclic amines) is 1. The summed E-state index contributed by atoms with van der Waals surface area (Å²) in [6.07, 6.45) is 1.73. The molecule has 1 N–H and O–H groups in total. The highest BCUT2D eigenvalue weighted by Crippen LogP contribution is 2.36. The third kappa shape index (κ3) is 7.84. The average Bonchev–Trinajstić information content (AvgIpc) is 3.77. The fraction of sp³-hybridized carbons (Fsp3) is 0.312. The molecule has 0 unspecified atom stereocenters. The van der Waals surface area contributed by atoms with Gasteiger partial charge in [-0.15, -0.1) is 0 Å². The quantitative estimate of drug-likeness (QED) is 0.152. The molecule has 2 aliphatic heterocycles. The molecule has 334 valence electrons. The molecule has 1 saturated heterocycles. The molecule has 3 aromatic carbocycles. The third-order valence-electron chi connectivity index (χ3n) is 12.1. The number of carbonyl (C=O) groups excluding carboxylic acids is 3. The van der Waals surface area contributed by atoms with Crippen LogP contribution in [0.1, 0.15) is 66.5 Å². The lowest BCUT2D eigenvalue weighted by Crippen LogP contribution is -2.56. The van der Waals surface area contributed by atoms with Crippen LogP contribution in [0.25, 0.3) is 27.9 Å². The van der Waals surface area contributed by atoms with E-state index in [-0.39, 0.29) is 56.5 Å². The summed E-state index contributed by atoms with van der Waals surface area (Å²) < 4.78 is 44.5. The van der Waals surface area contributed by atoms with Gasteiger partial charge in [0.15, 0.2) is 11.2 Å². The number of imidazole rings is 1. The molecule has 15 nitrogen and oxygen atoms in total. The number of pyridine rings is 1. The lowest BCUT2D eigenvalue weighted by atomic mass is 9.87. The highest BCUT2D eigenvalue weighted by molar-refractivity contribution is 5.95. The molecule has 0 aliphatic carbocycles. The Morgan fingerprint density at radius 2 is 1.62 bits per heavy atom. The van der Waals surface area contributed by atoms with Crippen molar-refractivity contribution in [2.24, 2.45) is 0 Å². The van der Waals surface area contributed by atoms with Gasteiger partial charge in [0.2, 0.25) is 5.95 Å². The van der Waals surface area contributed by atoms with E-state index in [0.717, 1.165) is 22.7 Å². The van der Waals surface area contributed by atoms with Crippen molar-refractivity contribution in [2.45, 2.75) is 71.2 Å². The molecule has 0 bridgehead atoms. The Balaban J connectivity index is 1.08. The lowest BCUT2D eigenvalue weighted by Gasteiger charge is -2.40. The van der Waals surface area contributed by atoms with Gasteiger partial charge in [-0.2, -0.15) is 4.98 Å². The smallest absolute Gasteiger partial charge is 0.410 e. The van der Waals surface area contributed by atoms with Gasteiger partial charge in [0.1, 0.15) is 28.4 Å². The number of piperidine rings is 1. The summed E-state index contributed by atoms with van der Waals surface area (Å²) in [4.78, 5) is 74.0. The lowest BCUT2D eigenvalue weighted by molar-refractivity contribution is -0.154. The maximum Gasteiger partial charge on any atom is 0.410 e. The number of benzene rings is 3. The second-order valence-corrected chi connectivity index (χ2v) is 17.4. The predicted octanol–water partition coefficient (Wildman–Crippen LogP) is 7.41. The Labute approximate surface area is 372 Å². The molecule has 6 heterocycles. The first kappa shape index (κ1) is 42.9. The molecule has 9 rings (SSSR count). The Hall–Kier alpha value is -7.43. The molecular formula is C48H47F2N9O6. The van der Waals surface area contributed by atoms with Gasteiger partial charge in [0.05, 0.1) is 31.6 Å². The molecule has 0 saturated carbocycles. The first-order chi connectivity index (χ1) is 31.2. The number of aryl methyl sites for hydroxylation is 1. The molecule has 4 aromatic heterocycles. The monoisotopic (exact) mass is 883 g/mol. The van der Waals surface area contributed by atoms with E-state index >= 15 is 4.79 Å². The van der Waals surface area contributed by atoms with Gasteiger partial charge in [-0.3, -0.25) is 13.9 Å². The van der Waals surface area contributed by atoms with E-state index in [1.54, 1.807) is 63.1 Å². The molecule has 2 aliphatic rings. The normalized spacial score (nSPS) is 14.9. The molecule has 0 atom stereocenters. The van der Waals surface area contributed by atoms with Crippen LogP contribution in [0.3, 0.4) is 0 Å². The van der Waals surface area contributed by atoms with Gasteiger partial charge in [-0.25, -0.2) is 33.1 Å². The van der Waals surface area contributed by atoms with E-state index in [4.69, 9.17) is 19.4 Å². The number of ether oxygens (including phenoxy) is 2. The fourth-order valence-electron chi connectivity index (χ4n) is 9.04. The number of hydrogen-bond donors (Lipinski definition) is 1. The zero-order chi connectivity index (χ0) is 45.8. The molecule has 7 aromatic rings. The van der Waals surface area contributed by atoms with E-state index in [2.05, 4.69) is 10.3 Å². The van der Waals surface area contributed by atoms with E-state index < -0.39 is 40.5 Å². The predicted molar refractivity (Wildman–Crippen MR) is 238 cm³/mol. The Morgan fingerprint density at radius 3 is 2.31 bits per heavy atom. The summed E-state index contributed by atoms with van der Waals surface area (Å²) in [5.74, 6) is -2.07. The second-order valence-electron chi connectivity index (χ2n) is 17.4. The van der Waals surface area contributed by atoms with Crippen molar-refractivity contribution in [1.82, 2.24) is 38.5 Å². The van der Waals surface area contributed by atoms with Gasteiger partial charge in [-0.1, -0.05) is 24.3 Å². The fourth-order valence-corrected chi connectivity index (χ4v) is 9.04. The summed E-state index contributed by atoms with van der Waals surface area (Å²) in [7, 11) is 1.26. The number of nitrogens with one attached hydrogen (secondary N) is 1.